The molecule has 1 amide bonds. The summed E-state index contributed by atoms with van der Waals surface area (Å²) >= 11 is 0. The van der Waals surface area contributed by atoms with Gasteiger partial charge in [-0.25, -0.2) is 0 Å². The SMILES string of the molecule is CC(C)[C@@H](CNC(=O)c1cc(=O)c2ccccc2o1)N1CCOCC1. The van der Waals surface area contributed by atoms with Crippen LogP contribution in [0.25, 0.3) is 11.0 Å². The third kappa shape index (κ3) is 4.08. The molecule has 0 spiro atoms. The van der Waals surface area contributed by atoms with Gasteiger partial charge in [0.05, 0.1) is 18.6 Å². The van der Waals surface area contributed by atoms with Gasteiger partial charge in [0.1, 0.15) is 5.58 Å². The molecule has 134 valence electrons. The van der Waals surface area contributed by atoms with E-state index in [1.54, 1.807) is 24.3 Å². The Hall–Kier alpha value is -2.18. The number of ether oxygens (including phenoxy) is 1. The van der Waals surface area contributed by atoms with Crippen LogP contribution in [0.1, 0.15) is 24.4 Å². The molecule has 0 bridgehead atoms. The van der Waals surface area contributed by atoms with Gasteiger partial charge in [0.25, 0.3) is 5.91 Å². The second-order valence-electron chi connectivity index (χ2n) is 6.64. The van der Waals surface area contributed by atoms with Crippen LogP contribution >= 0.6 is 0 Å². The summed E-state index contributed by atoms with van der Waals surface area (Å²) in [7, 11) is 0. The number of hydrogen-bond acceptors (Lipinski definition) is 5. The van der Waals surface area contributed by atoms with Crippen LogP contribution in [0.5, 0.6) is 0 Å². The van der Waals surface area contributed by atoms with E-state index in [1.807, 2.05) is 0 Å². The number of nitrogens with one attached hydrogen (secondary N) is 1. The number of nitrogens with zero attached hydrogens (tertiary/aromatic N) is 1. The normalized spacial score (nSPS) is 16.9. The highest BCUT2D eigenvalue weighted by Crippen LogP contribution is 2.14. The molecule has 1 aliphatic heterocycles. The van der Waals surface area contributed by atoms with Crippen LogP contribution in [0, 0.1) is 5.92 Å². The van der Waals surface area contributed by atoms with Gasteiger partial charge in [0.2, 0.25) is 0 Å². The van der Waals surface area contributed by atoms with Crippen molar-refractivity contribution < 1.29 is 13.9 Å². The first-order chi connectivity index (χ1) is 12.1. The van der Waals surface area contributed by atoms with E-state index >= 15 is 0 Å². The van der Waals surface area contributed by atoms with Gasteiger partial charge < -0.3 is 14.5 Å². The molecule has 1 N–H and O–H groups in total. The summed E-state index contributed by atoms with van der Waals surface area (Å²) < 4.78 is 11.0. The van der Waals surface area contributed by atoms with Crippen molar-refractivity contribution in [3.8, 4) is 0 Å². The molecule has 6 heteroatoms. The van der Waals surface area contributed by atoms with Crippen molar-refractivity contribution in [3.63, 3.8) is 0 Å². The lowest BCUT2D eigenvalue weighted by Gasteiger charge is -2.36. The fraction of sp³-hybridized carbons (Fsp3) is 0.474. The maximum atomic E-state index is 12.5. The number of morpholine rings is 1. The highest BCUT2D eigenvalue weighted by Gasteiger charge is 2.24. The van der Waals surface area contributed by atoms with Crippen molar-refractivity contribution in [3.05, 3.63) is 46.3 Å². The fourth-order valence-corrected chi connectivity index (χ4v) is 3.20. The van der Waals surface area contributed by atoms with Gasteiger partial charge in [-0.15, -0.1) is 0 Å². The molecule has 1 fully saturated rings. The number of carbonyl (C=O) groups excluding carboxylic acids is 1. The van der Waals surface area contributed by atoms with E-state index in [1.165, 1.54) is 6.07 Å². The van der Waals surface area contributed by atoms with Crippen molar-refractivity contribution >= 4 is 16.9 Å². The Kier molecular flexibility index (Phi) is 5.50. The van der Waals surface area contributed by atoms with Crippen molar-refractivity contribution in [2.24, 2.45) is 5.92 Å². The van der Waals surface area contributed by atoms with E-state index in [0.717, 1.165) is 26.3 Å². The zero-order valence-corrected chi connectivity index (χ0v) is 14.7. The molecule has 2 aromatic rings. The van der Waals surface area contributed by atoms with Crippen LogP contribution in [0.3, 0.4) is 0 Å². The summed E-state index contributed by atoms with van der Waals surface area (Å²) in [6, 6.07) is 8.42. The van der Waals surface area contributed by atoms with Crippen LogP contribution in [0.4, 0.5) is 0 Å². The van der Waals surface area contributed by atoms with E-state index in [0.29, 0.717) is 23.4 Å². The molecule has 1 saturated heterocycles. The summed E-state index contributed by atoms with van der Waals surface area (Å²) in [6.07, 6.45) is 0. The van der Waals surface area contributed by atoms with Crippen LogP contribution in [0.15, 0.2) is 39.5 Å². The van der Waals surface area contributed by atoms with E-state index in [2.05, 4.69) is 24.1 Å². The number of fused-ring (bicyclic) bond motifs is 1. The summed E-state index contributed by atoms with van der Waals surface area (Å²) in [5.41, 5.74) is 0.217. The summed E-state index contributed by atoms with van der Waals surface area (Å²) in [4.78, 5) is 26.9. The fourth-order valence-electron chi connectivity index (χ4n) is 3.20. The molecule has 0 radical (unpaired) electrons. The van der Waals surface area contributed by atoms with Gasteiger partial charge >= 0.3 is 0 Å². The smallest absolute Gasteiger partial charge is 0.287 e. The van der Waals surface area contributed by atoms with Gasteiger partial charge in [0, 0.05) is 31.7 Å². The van der Waals surface area contributed by atoms with Crippen molar-refractivity contribution in [1.29, 1.82) is 0 Å². The van der Waals surface area contributed by atoms with Crippen molar-refractivity contribution in [2.75, 3.05) is 32.8 Å². The molecule has 0 aliphatic carbocycles. The van der Waals surface area contributed by atoms with E-state index < -0.39 is 0 Å². The minimum atomic E-state index is -0.359. The monoisotopic (exact) mass is 344 g/mol. The van der Waals surface area contributed by atoms with Gasteiger partial charge in [-0.05, 0) is 18.1 Å². The second-order valence-corrected chi connectivity index (χ2v) is 6.64. The molecule has 0 saturated carbocycles. The third-order valence-corrected chi connectivity index (χ3v) is 4.61. The van der Waals surface area contributed by atoms with Gasteiger partial charge in [0.15, 0.2) is 11.2 Å². The summed E-state index contributed by atoms with van der Waals surface area (Å²) in [5.74, 6) is 0.0805. The predicted molar refractivity (Wildman–Crippen MR) is 95.8 cm³/mol. The number of hydrogen-bond donors (Lipinski definition) is 1. The average molecular weight is 344 g/mol. The highest BCUT2D eigenvalue weighted by atomic mass is 16.5. The molecule has 6 nitrogen and oxygen atoms in total. The topological polar surface area (TPSA) is 71.8 Å². The Balaban J connectivity index is 1.71. The number of rotatable bonds is 5. The van der Waals surface area contributed by atoms with Gasteiger partial charge in [-0.3, -0.25) is 14.5 Å². The summed E-state index contributed by atoms with van der Waals surface area (Å²) in [6.45, 7) is 7.96. The number of amides is 1. The molecule has 0 unspecified atom stereocenters. The highest BCUT2D eigenvalue weighted by molar-refractivity contribution is 5.93. The molecule has 3 rings (SSSR count). The zero-order chi connectivity index (χ0) is 17.8. The molecular formula is C19H24N2O4. The predicted octanol–water partition coefficient (Wildman–Crippen LogP) is 1.88. The Morgan fingerprint density at radius 2 is 1.96 bits per heavy atom. The van der Waals surface area contributed by atoms with Crippen LogP contribution in [-0.4, -0.2) is 49.7 Å². The van der Waals surface area contributed by atoms with Crippen molar-refractivity contribution in [1.82, 2.24) is 10.2 Å². The van der Waals surface area contributed by atoms with E-state index in [-0.39, 0.29) is 23.1 Å². The maximum absolute atomic E-state index is 12.5. The molecule has 1 aromatic heterocycles. The molecule has 1 atom stereocenters. The van der Waals surface area contributed by atoms with Gasteiger partial charge in [-0.2, -0.15) is 0 Å². The first-order valence-electron chi connectivity index (χ1n) is 8.69. The summed E-state index contributed by atoms with van der Waals surface area (Å²) in [5, 5.41) is 3.39. The number of carbonyl (C=O) groups is 1. The number of para-hydroxylation sites is 1. The molecule has 2 heterocycles. The zero-order valence-electron chi connectivity index (χ0n) is 14.7. The first kappa shape index (κ1) is 17.6. The second kappa shape index (κ2) is 7.80. The quantitative estimate of drug-likeness (QED) is 0.897. The lowest BCUT2D eigenvalue weighted by atomic mass is 10.0. The van der Waals surface area contributed by atoms with E-state index in [4.69, 9.17) is 9.15 Å². The van der Waals surface area contributed by atoms with Crippen LogP contribution in [-0.2, 0) is 4.74 Å². The lowest BCUT2D eigenvalue weighted by Crippen LogP contribution is -2.51. The minimum absolute atomic E-state index is 0.0492. The Morgan fingerprint density at radius 3 is 2.68 bits per heavy atom. The van der Waals surface area contributed by atoms with Crippen LogP contribution in [0.2, 0.25) is 0 Å². The average Bonchev–Trinajstić information content (AvgIpc) is 2.62. The Labute approximate surface area is 146 Å². The molecular weight excluding hydrogens is 320 g/mol. The van der Waals surface area contributed by atoms with E-state index in [9.17, 15) is 9.59 Å². The number of benzene rings is 1. The largest absolute Gasteiger partial charge is 0.451 e. The Bertz CT molecular complexity index is 793. The van der Waals surface area contributed by atoms with Crippen LogP contribution < -0.4 is 10.7 Å². The molecule has 25 heavy (non-hydrogen) atoms. The first-order valence-corrected chi connectivity index (χ1v) is 8.69. The molecule has 1 aliphatic rings. The standard InChI is InChI=1S/C19H24N2O4/c1-13(2)15(21-7-9-24-10-8-21)12-20-19(23)18-11-16(22)14-5-3-4-6-17(14)25-18/h3-6,11,13,15H,7-10,12H2,1-2H3,(H,20,23)/t15-/m1/s1. The lowest BCUT2D eigenvalue weighted by molar-refractivity contribution is 0.00666. The Morgan fingerprint density at radius 1 is 1.24 bits per heavy atom. The minimum Gasteiger partial charge on any atom is -0.451 e. The van der Waals surface area contributed by atoms with Gasteiger partial charge in [-0.1, -0.05) is 26.0 Å². The van der Waals surface area contributed by atoms with Crippen molar-refractivity contribution in [2.45, 2.75) is 19.9 Å². The maximum Gasteiger partial charge on any atom is 0.287 e. The molecule has 1 aromatic carbocycles. The third-order valence-electron chi connectivity index (χ3n) is 4.61.